The average molecular weight is 339 g/mol. The van der Waals surface area contributed by atoms with Crippen molar-refractivity contribution in [3.63, 3.8) is 0 Å². The molecule has 0 N–H and O–H groups in total. The van der Waals surface area contributed by atoms with Gasteiger partial charge in [-0.15, -0.1) is 0 Å². The van der Waals surface area contributed by atoms with E-state index in [0.29, 0.717) is 17.7 Å². The molecule has 2 aromatic carbocycles. The zero-order chi connectivity index (χ0) is 17.6. The molecule has 0 spiro atoms. The summed E-state index contributed by atoms with van der Waals surface area (Å²) in [6.45, 7) is 2.78. The van der Waals surface area contributed by atoms with Crippen LogP contribution in [-0.4, -0.2) is 18.5 Å². The largest absolute Gasteiger partial charge is 0.494 e. The second-order valence-corrected chi connectivity index (χ2v) is 5.61. The minimum Gasteiger partial charge on any atom is -0.494 e. The predicted molar refractivity (Wildman–Crippen MR) is 93.9 cm³/mol. The lowest BCUT2D eigenvalue weighted by Crippen LogP contribution is -2.05. The van der Waals surface area contributed by atoms with Gasteiger partial charge < -0.3 is 9.47 Å². The Balaban J connectivity index is 1.74. The third-order valence-electron chi connectivity index (χ3n) is 3.66. The van der Waals surface area contributed by atoms with E-state index < -0.39 is 5.97 Å². The Morgan fingerprint density at radius 1 is 1.12 bits per heavy atom. The first-order valence-electron chi connectivity index (χ1n) is 8.17. The highest BCUT2D eigenvalue weighted by Gasteiger charge is 2.24. The Kier molecular flexibility index (Phi) is 5.23. The number of cyclic esters (lactones) is 1. The van der Waals surface area contributed by atoms with Gasteiger partial charge in [0.2, 0.25) is 5.90 Å². The number of carbonyl (C=O) groups is 1. The second kappa shape index (κ2) is 7.75. The van der Waals surface area contributed by atoms with Gasteiger partial charge in [-0.3, -0.25) is 0 Å². The van der Waals surface area contributed by atoms with Crippen LogP contribution in [0.25, 0.3) is 6.08 Å². The number of carbonyl (C=O) groups excluding carboxylic acids is 1. The van der Waals surface area contributed by atoms with Crippen molar-refractivity contribution in [3.8, 4) is 5.75 Å². The summed E-state index contributed by atoms with van der Waals surface area (Å²) in [5.74, 6) is 0.159. The van der Waals surface area contributed by atoms with Gasteiger partial charge in [-0.05, 0) is 54.5 Å². The number of esters is 1. The van der Waals surface area contributed by atoms with Gasteiger partial charge in [-0.2, -0.15) is 0 Å². The summed E-state index contributed by atoms with van der Waals surface area (Å²) in [6, 6.07) is 13.1. The fourth-order valence-electron chi connectivity index (χ4n) is 2.28. The van der Waals surface area contributed by atoms with E-state index in [-0.39, 0.29) is 17.4 Å². The molecule has 0 amide bonds. The van der Waals surface area contributed by atoms with E-state index in [1.807, 2.05) is 12.1 Å². The molecule has 128 valence electrons. The van der Waals surface area contributed by atoms with E-state index in [4.69, 9.17) is 9.47 Å². The zero-order valence-electron chi connectivity index (χ0n) is 13.9. The number of hydrogen-bond donors (Lipinski definition) is 0. The van der Waals surface area contributed by atoms with E-state index in [0.717, 1.165) is 18.6 Å². The maximum absolute atomic E-state index is 12.9. The van der Waals surface area contributed by atoms with Crippen molar-refractivity contribution in [2.75, 3.05) is 6.61 Å². The molecule has 1 aliphatic rings. The van der Waals surface area contributed by atoms with Gasteiger partial charge in [0, 0.05) is 5.56 Å². The van der Waals surface area contributed by atoms with Crippen molar-refractivity contribution >= 4 is 17.9 Å². The number of unbranched alkanes of at least 4 members (excludes halogenated alkanes) is 1. The molecule has 25 heavy (non-hydrogen) atoms. The van der Waals surface area contributed by atoms with Crippen molar-refractivity contribution in [3.05, 3.63) is 71.2 Å². The maximum Gasteiger partial charge on any atom is 0.363 e. The van der Waals surface area contributed by atoms with Crippen LogP contribution in [0.2, 0.25) is 0 Å². The van der Waals surface area contributed by atoms with Crippen molar-refractivity contribution in [2.24, 2.45) is 4.99 Å². The number of aliphatic imine (C=N–C) groups is 1. The monoisotopic (exact) mass is 339 g/mol. The van der Waals surface area contributed by atoms with Crippen LogP contribution in [0.3, 0.4) is 0 Å². The molecule has 0 saturated carbocycles. The lowest BCUT2D eigenvalue weighted by Gasteiger charge is -2.05. The Morgan fingerprint density at radius 3 is 2.52 bits per heavy atom. The highest BCUT2D eigenvalue weighted by molar-refractivity contribution is 6.12. The van der Waals surface area contributed by atoms with Gasteiger partial charge in [0.05, 0.1) is 6.61 Å². The molecule has 1 aliphatic heterocycles. The molecule has 5 heteroatoms. The average Bonchev–Trinajstić information content (AvgIpc) is 2.98. The van der Waals surface area contributed by atoms with Gasteiger partial charge in [0.25, 0.3) is 0 Å². The molecule has 0 atom stereocenters. The van der Waals surface area contributed by atoms with Crippen LogP contribution >= 0.6 is 0 Å². The van der Waals surface area contributed by atoms with Gasteiger partial charge >= 0.3 is 5.97 Å². The zero-order valence-corrected chi connectivity index (χ0v) is 13.9. The quantitative estimate of drug-likeness (QED) is 0.447. The van der Waals surface area contributed by atoms with E-state index in [1.54, 1.807) is 30.3 Å². The lowest BCUT2D eigenvalue weighted by atomic mass is 10.2. The van der Waals surface area contributed by atoms with E-state index in [9.17, 15) is 9.18 Å². The van der Waals surface area contributed by atoms with E-state index in [2.05, 4.69) is 11.9 Å². The van der Waals surface area contributed by atoms with Crippen LogP contribution in [0, 0.1) is 5.82 Å². The van der Waals surface area contributed by atoms with Crippen molar-refractivity contribution < 1.29 is 18.7 Å². The summed E-state index contributed by atoms with van der Waals surface area (Å²) in [4.78, 5) is 16.2. The molecule has 0 unspecified atom stereocenters. The summed E-state index contributed by atoms with van der Waals surface area (Å²) < 4.78 is 23.8. The van der Waals surface area contributed by atoms with Crippen LogP contribution in [0.15, 0.2) is 59.2 Å². The van der Waals surface area contributed by atoms with Crippen LogP contribution < -0.4 is 4.74 Å². The third kappa shape index (κ3) is 4.32. The summed E-state index contributed by atoms with van der Waals surface area (Å²) in [6.07, 6.45) is 3.65. The normalized spacial score (nSPS) is 15.2. The summed E-state index contributed by atoms with van der Waals surface area (Å²) in [5, 5.41) is 0. The molecule has 0 saturated heterocycles. The highest BCUT2D eigenvalue weighted by atomic mass is 19.1. The first-order valence-corrected chi connectivity index (χ1v) is 8.17. The number of hydrogen-bond acceptors (Lipinski definition) is 4. The molecule has 0 fully saturated rings. The Bertz CT molecular complexity index is 808. The van der Waals surface area contributed by atoms with Gasteiger partial charge in [0.1, 0.15) is 11.6 Å². The minimum atomic E-state index is -0.525. The molecular weight excluding hydrogens is 321 g/mol. The van der Waals surface area contributed by atoms with Crippen LogP contribution in [0.4, 0.5) is 4.39 Å². The van der Waals surface area contributed by atoms with Gasteiger partial charge in [0.15, 0.2) is 5.70 Å². The van der Waals surface area contributed by atoms with E-state index >= 15 is 0 Å². The predicted octanol–water partition coefficient (Wildman–Crippen LogP) is 4.35. The molecule has 4 nitrogen and oxygen atoms in total. The smallest absolute Gasteiger partial charge is 0.363 e. The molecule has 2 aromatic rings. The molecule has 0 radical (unpaired) electrons. The topological polar surface area (TPSA) is 47.9 Å². The lowest BCUT2D eigenvalue weighted by molar-refractivity contribution is -0.129. The Labute approximate surface area is 145 Å². The summed E-state index contributed by atoms with van der Waals surface area (Å²) in [7, 11) is 0. The minimum absolute atomic E-state index is 0.185. The van der Waals surface area contributed by atoms with E-state index in [1.165, 1.54) is 12.1 Å². The van der Waals surface area contributed by atoms with Gasteiger partial charge in [-0.25, -0.2) is 14.2 Å². The number of halogens is 1. The number of nitrogens with zero attached hydrogens (tertiary/aromatic N) is 1. The first kappa shape index (κ1) is 16.9. The molecule has 0 aromatic heterocycles. The fraction of sp³-hybridized carbons (Fsp3) is 0.200. The fourth-order valence-corrected chi connectivity index (χ4v) is 2.28. The Morgan fingerprint density at radius 2 is 1.84 bits per heavy atom. The standard InChI is InChI=1S/C20H18FNO3/c1-2-3-12-24-17-10-6-15(7-11-17)19-22-18(20(23)25-19)13-14-4-8-16(21)9-5-14/h4-11,13H,2-3,12H2,1H3. The van der Waals surface area contributed by atoms with Crippen LogP contribution in [0.5, 0.6) is 5.75 Å². The number of ether oxygens (including phenoxy) is 2. The number of benzene rings is 2. The second-order valence-electron chi connectivity index (χ2n) is 5.61. The third-order valence-corrected chi connectivity index (χ3v) is 3.66. The SMILES string of the molecule is CCCCOc1ccc(C2=NC(=Cc3ccc(F)cc3)C(=O)O2)cc1. The first-order chi connectivity index (χ1) is 12.2. The molecular formula is C20H18FNO3. The summed E-state index contributed by atoms with van der Waals surface area (Å²) >= 11 is 0. The molecule has 0 bridgehead atoms. The van der Waals surface area contributed by atoms with Crippen LogP contribution in [0.1, 0.15) is 30.9 Å². The molecule has 3 rings (SSSR count). The maximum atomic E-state index is 12.9. The van der Waals surface area contributed by atoms with Crippen molar-refractivity contribution in [1.29, 1.82) is 0 Å². The molecule has 1 heterocycles. The highest BCUT2D eigenvalue weighted by Crippen LogP contribution is 2.21. The van der Waals surface area contributed by atoms with Gasteiger partial charge in [-0.1, -0.05) is 25.5 Å². The van der Waals surface area contributed by atoms with Crippen molar-refractivity contribution in [1.82, 2.24) is 0 Å². The summed E-state index contributed by atoms with van der Waals surface area (Å²) in [5.41, 5.74) is 1.56. The van der Waals surface area contributed by atoms with Crippen molar-refractivity contribution in [2.45, 2.75) is 19.8 Å². The number of rotatable bonds is 6. The molecule has 0 aliphatic carbocycles. The van der Waals surface area contributed by atoms with Crippen LogP contribution in [-0.2, 0) is 9.53 Å². The Hall–Kier alpha value is -2.95.